The smallest absolute Gasteiger partial charge is 0.250 e. The minimum atomic E-state index is 0.470. The van der Waals surface area contributed by atoms with Gasteiger partial charge < -0.3 is 0 Å². The van der Waals surface area contributed by atoms with E-state index in [2.05, 4.69) is 15.1 Å². The van der Waals surface area contributed by atoms with Crippen molar-refractivity contribution in [3.05, 3.63) is 35.9 Å². The normalized spacial score (nSPS) is 10.1. The van der Waals surface area contributed by atoms with E-state index in [-0.39, 0.29) is 0 Å². The molecule has 0 saturated carbocycles. The molecule has 0 saturated heterocycles. The molecule has 2 rings (SSSR count). The minimum Gasteiger partial charge on any atom is -0.298 e. The zero-order valence-corrected chi connectivity index (χ0v) is 7.58. The summed E-state index contributed by atoms with van der Waals surface area (Å²) in [5.74, 6) is 0.470. The number of hydrogen-bond acceptors (Lipinski definition) is 4. The zero-order chi connectivity index (χ0) is 9.97. The molecule has 5 heteroatoms. The second-order valence-electron chi connectivity index (χ2n) is 2.83. The van der Waals surface area contributed by atoms with E-state index < -0.39 is 0 Å². The predicted molar refractivity (Wildman–Crippen MR) is 49.3 cm³/mol. The third kappa shape index (κ3) is 1.52. The summed E-state index contributed by atoms with van der Waals surface area (Å²) in [6.45, 7) is 1.87. The van der Waals surface area contributed by atoms with Crippen molar-refractivity contribution in [2.24, 2.45) is 0 Å². The molecule has 14 heavy (non-hydrogen) atoms. The first-order valence-corrected chi connectivity index (χ1v) is 4.09. The number of aryl methyl sites for hydroxylation is 1. The Morgan fingerprint density at radius 3 is 3.00 bits per heavy atom. The van der Waals surface area contributed by atoms with Crippen molar-refractivity contribution in [3.8, 4) is 5.95 Å². The third-order valence-corrected chi connectivity index (χ3v) is 1.73. The van der Waals surface area contributed by atoms with E-state index >= 15 is 0 Å². The lowest BCUT2D eigenvalue weighted by atomic mass is 10.4. The van der Waals surface area contributed by atoms with Crippen molar-refractivity contribution in [3.63, 3.8) is 0 Å². The van der Waals surface area contributed by atoms with Gasteiger partial charge in [0, 0.05) is 18.1 Å². The van der Waals surface area contributed by atoms with E-state index in [1.165, 1.54) is 10.9 Å². The molecule has 2 aromatic heterocycles. The van der Waals surface area contributed by atoms with Crippen LogP contribution in [0.2, 0.25) is 0 Å². The molecule has 0 spiro atoms. The first-order valence-electron chi connectivity index (χ1n) is 4.09. The van der Waals surface area contributed by atoms with Gasteiger partial charge in [-0.05, 0) is 13.0 Å². The van der Waals surface area contributed by atoms with Crippen molar-refractivity contribution in [2.75, 3.05) is 0 Å². The van der Waals surface area contributed by atoms with Crippen LogP contribution in [0.5, 0.6) is 0 Å². The molecule has 0 atom stereocenters. The molecule has 70 valence electrons. The average molecular weight is 188 g/mol. The second kappa shape index (κ2) is 3.37. The Hall–Kier alpha value is -2.04. The van der Waals surface area contributed by atoms with Gasteiger partial charge in [0.25, 0.3) is 5.95 Å². The Morgan fingerprint density at radius 1 is 1.50 bits per heavy atom. The van der Waals surface area contributed by atoms with Crippen molar-refractivity contribution in [1.82, 2.24) is 19.7 Å². The largest absolute Gasteiger partial charge is 0.298 e. The summed E-state index contributed by atoms with van der Waals surface area (Å²) >= 11 is 0. The summed E-state index contributed by atoms with van der Waals surface area (Å²) in [4.78, 5) is 18.6. The molecule has 0 aliphatic heterocycles. The number of carbonyl (C=O) groups is 1. The van der Waals surface area contributed by atoms with Gasteiger partial charge >= 0.3 is 0 Å². The summed E-state index contributed by atoms with van der Waals surface area (Å²) in [5, 5.41) is 3.96. The third-order valence-electron chi connectivity index (χ3n) is 1.73. The maximum Gasteiger partial charge on any atom is 0.250 e. The molecule has 0 aliphatic carbocycles. The molecule has 0 N–H and O–H groups in total. The van der Waals surface area contributed by atoms with E-state index in [0.29, 0.717) is 11.5 Å². The molecule has 0 radical (unpaired) electrons. The van der Waals surface area contributed by atoms with Gasteiger partial charge in [-0.3, -0.25) is 4.79 Å². The fourth-order valence-electron chi connectivity index (χ4n) is 1.05. The van der Waals surface area contributed by atoms with E-state index in [0.717, 1.165) is 12.0 Å². The van der Waals surface area contributed by atoms with Crippen LogP contribution in [-0.2, 0) is 0 Å². The average Bonchev–Trinajstić information content (AvgIpc) is 2.66. The quantitative estimate of drug-likeness (QED) is 0.653. The highest BCUT2D eigenvalue weighted by Gasteiger charge is 2.01. The standard InChI is InChI=1S/C9H8N4O/c1-7-2-3-10-9(12-7)13-5-8(6-14)4-11-13/h2-6H,1H3. The van der Waals surface area contributed by atoms with Crippen LogP contribution in [0.15, 0.2) is 24.7 Å². The maximum absolute atomic E-state index is 10.4. The van der Waals surface area contributed by atoms with Crippen LogP contribution in [0.4, 0.5) is 0 Å². The SMILES string of the molecule is Cc1ccnc(-n2cc(C=O)cn2)n1. The van der Waals surface area contributed by atoms with Gasteiger partial charge in [-0.1, -0.05) is 0 Å². The molecule has 0 aliphatic rings. The summed E-state index contributed by atoms with van der Waals surface area (Å²) in [5.41, 5.74) is 1.37. The Kier molecular flexibility index (Phi) is 2.06. The number of aldehydes is 1. The van der Waals surface area contributed by atoms with Crippen LogP contribution in [0.1, 0.15) is 16.1 Å². The van der Waals surface area contributed by atoms with E-state index in [4.69, 9.17) is 0 Å². The van der Waals surface area contributed by atoms with Gasteiger partial charge in [0.2, 0.25) is 0 Å². The van der Waals surface area contributed by atoms with Crippen LogP contribution in [0, 0.1) is 6.92 Å². The molecular weight excluding hydrogens is 180 g/mol. The first kappa shape index (κ1) is 8.55. The highest BCUT2D eigenvalue weighted by atomic mass is 16.1. The van der Waals surface area contributed by atoms with Crippen molar-refractivity contribution in [2.45, 2.75) is 6.92 Å². The predicted octanol–water partition coefficient (Wildman–Crippen LogP) is 0.783. The van der Waals surface area contributed by atoms with Gasteiger partial charge in [-0.15, -0.1) is 0 Å². The number of nitrogens with zero attached hydrogens (tertiary/aromatic N) is 4. The van der Waals surface area contributed by atoms with E-state index in [1.54, 1.807) is 18.5 Å². The van der Waals surface area contributed by atoms with Crippen LogP contribution < -0.4 is 0 Å². The van der Waals surface area contributed by atoms with Crippen molar-refractivity contribution >= 4 is 6.29 Å². The van der Waals surface area contributed by atoms with E-state index in [1.807, 2.05) is 6.92 Å². The van der Waals surface area contributed by atoms with Crippen LogP contribution >= 0.6 is 0 Å². The number of rotatable bonds is 2. The summed E-state index contributed by atoms with van der Waals surface area (Å²) in [6.07, 6.45) is 5.44. The lowest BCUT2D eigenvalue weighted by Gasteiger charge is -1.98. The summed E-state index contributed by atoms with van der Waals surface area (Å²) in [6, 6.07) is 1.80. The molecule has 2 aromatic rings. The van der Waals surface area contributed by atoms with Crippen molar-refractivity contribution < 1.29 is 4.79 Å². The van der Waals surface area contributed by atoms with Crippen molar-refractivity contribution in [1.29, 1.82) is 0 Å². The maximum atomic E-state index is 10.4. The lowest BCUT2D eigenvalue weighted by molar-refractivity contribution is 0.112. The van der Waals surface area contributed by atoms with Gasteiger partial charge in [0.05, 0.1) is 11.8 Å². The molecular formula is C9H8N4O. The molecule has 0 aromatic carbocycles. The molecule has 0 unspecified atom stereocenters. The topological polar surface area (TPSA) is 60.7 Å². The molecule has 2 heterocycles. The van der Waals surface area contributed by atoms with E-state index in [9.17, 15) is 4.79 Å². The molecule has 0 bridgehead atoms. The fourth-order valence-corrected chi connectivity index (χ4v) is 1.05. The first-order chi connectivity index (χ1) is 6.79. The number of hydrogen-bond donors (Lipinski definition) is 0. The Morgan fingerprint density at radius 2 is 2.36 bits per heavy atom. The highest BCUT2D eigenvalue weighted by Crippen LogP contribution is 2.01. The lowest BCUT2D eigenvalue weighted by Crippen LogP contribution is -2.01. The van der Waals surface area contributed by atoms with Crippen LogP contribution in [-0.4, -0.2) is 26.0 Å². The molecule has 0 fully saturated rings. The Bertz CT molecular complexity index is 463. The summed E-state index contributed by atoms with van der Waals surface area (Å²) in [7, 11) is 0. The fraction of sp³-hybridized carbons (Fsp3) is 0.111. The second-order valence-corrected chi connectivity index (χ2v) is 2.83. The minimum absolute atomic E-state index is 0.470. The number of carbonyl (C=O) groups excluding carboxylic acids is 1. The number of aromatic nitrogens is 4. The monoisotopic (exact) mass is 188 g/mol. The highest BCUT2D eigenvalue weighted by molar-refractivity contribution is 5.73. The van der Waals surface area contributed by atoms with Crippen LogP contribution in [0.3, 0.4) is 0 Å². The molecule has 5 nitrogen and oxygen atoms in total. The zero-order valence-electron chi connectivity index (χ0n) is 7.58. The Balaban J connectivity index is 2.43. The summed E-state index contributed by atoms with van der Waals surface area (Å²) < 4.78 is 1.47. The molecule has 0 amide bonds. The van der Waals surface area contributed by atoms with Gasteiger partial charge in [0.1, 0.15) is 0 Å². The van der Waals surface area contributed by atoms with Gasteiger partial charge in [-0.2, -0.15) is 5.10 Å². The van der Waals surface area contributed by atoms with Crippen LogP contribution in [0.25, 0.3) is 5.95 Å². The Labute approximate surface area is 80.4 Å². The van der Waals surface area contributed by atoms with Gasteiger partial charge in [0.15, 0.2) is 6.29 Å². The van der Waals surface area contributed by atoms with Gasteiger partial charge in [-0.25, -0.2) is 14.6 Å².